The Labute approximate surface area is 117 Å². The highest BCUT2D eigenvalue weighted by Gasteiger charge is 2.12. The third kappa shape index (κ3) is 3.81. The highest BCUT2D eigenvalue weighted by atomic mass is 16.3. The Morgan fingerprint density at radius 2 is 2.25 bits per heavy atom. The minimum atomic E-state index is -0.216. The maximum absolute atomic E-state index is 12.0. The third-order valence-corrected chi connectivity index (χ3v) is 2.92. The van der Waals surface area contributed by atoms with Gasteiger partial charge in [0.2, 0.25) is 0 Å². The van der Waals surface area contributed by atoms with E-state index in [1.165, 1.54) is 12.4 Å². The Balaban J connectivity index is 1.83. The van der Waals surface area contributed by atoms with Crippen LogP contribution in [0.1, 0.15) is 29.6 Å². The first-order valence-electron chi connectivity index (χ1n) is 6.52. The Morgan fingerprint density at radius 3 is 2.85 bits per heavy atom. The highest BCUT2D eigenvalue weighted by Crippen LogP contribution is 2.06. The van der Waals surface area contributed by atoms with Crippen molar-refractivity contribution in [3.05, 3.63) is 42.2 Å². The number of hydrogen-bond acceptors (Lipinski definition) is 5. The average molecular weight is 274 g/mol. The number of nitrogens with one attached hydrogen (secondary N) is 2. The van der Waals surface area contributed by atoms with Gasteiger partial charge >= 0.3 is 0 Å². The lowest BCUT2D eigenvalue weighted by molar-refractivity contribution is 0.0932. The van der Waals surface area contributed by atoms with Crippen LogP contribution >= 0.6 is 0 Å². The van der Waals surface area contributed by atoms with Crippen molar-refractivity contribution in [2.75, 3.05) is 12.4 Å². The molecule has 20 heavy (non-hydrogen) atoms. The summed E-state index contributed by atoms with van der Waals surface area (Å²) in [6.45, 7) is 1.95. The van der Waals surface area contributed by atoms with Crippen LogP contribution in [0.2, 0.25) is 0 Å². The molecule has 0 saturated carbocycles. The Kier molecular flexibility index (Phi) is 4.70. The monoisotopic (exact) mass is 274 g/mol. The van der Waals surface area contributed by atoms with Crippen LogP contribution in [0.5, 0.6) is 0 Å². The number of aromatic nitrogens is 2. The quantitative estimate of drug-likeness (QED) is 0.840. The number of carbonyl (C=O) groups is 1. The van der Waals surface area contributed by atoms with E-state index in [-0.39, 0.29) is 11.9 Å². The van der Waals surface area contributed by atoms with Gasteiger partial charge in [-0.2, -0.15) is 0 Å². The molecule has 0 fully saturated rings. The van der Waals surface area contributed by atoms with Gasteiger partial charge in [-0.05, 0) is 25.5 Å². The number of rotatable bonds is 6. The van der Waals surface area contributed by atoms with Crippen LogP contribution in [-0.4, -0.2) is 29.0 Å². The Hall–Kier alpha value is -2.37. The highest BCUT2D eigenvalue weighted by molar-refractivity contribution is 5.92. The van der Waals surface area contributed by atoms with Gasteiger partial charge < -0.3 is 15.1 Å². The first-order chi connectivity index (χ1) is 9.69. The van der Waals surface area contributed by atoms with Crippen molar-refractivity contribution in [2.24, 2.45) is 0 Å². The summed E-state index contributed by atoms with van der Waals surface area (Å²) in [5.74, 6) is 1.34. The second-order valence-corrected chi connectivity index (χ2v) is 4.53. The van der Waals surface area contributed by atoms with Crippen molar-refractivity contribution < 1.29 is 9.21 Å². The van der Waals surface area contributed by atoms with Gasteiger partial charge in [0, 0.05) is 19.5 Å². The third-order valence-electron chi connectivity index (χ3n) is 2.92. The largest absolute Gasteiger partial charge is 0.469 e. The molecular formula is C14H18N4O2. The summed E-state index contributed by atoms with van der Waals surface area (Å²) in [6.07, 6.45) is 6.24. The van der Waals surface area contributed by atoms with E-state index in [0.29, 0.717) is 11.5 Å². The Morgan fingerprint density at radius 1 is 1.40 bits per heavy atom. The van der Waals surface area contributed by atoms with Crippen molar-refractivity contribution in [1.29, 1.82) is 0 Å². The molecule has 1 amide bonds. The van der Waals surface area contributed by atoms with E-state index in [9.17, 15) is 4.79 Å². The van der Waals surface area contributed by atoms with Gasteiger partial charge in [-0.15, -0.1) is 0 Å². The lowest BCUT2D eigenvalue weighted by Gasteiger charge is -2.12. The van der Waals surface area contributed by atoms with Crippen molar-refractivity contribution in [2.45, 2.75) is 25.8 Å². The van der Waals surface area contributed by atoms with Crippen LogP contribution in [-0.2, 0) is 6.42 Å². The van der Waals surface area contributed by atoms with E-state index in [0.717, 1.165) is 18.6 Å². The van der Waals surface area contributed by atoms with Crippen LogP contribution in [0.3, 0.4) is 0 Å². The molecule has 2 aromatic heterocycles. The summed E-state index contributed by atoms with van der Waals surface area (Å²) in [5, 5.41) is 5.75. The zero-order valence-electron chi connectivity index (χ0n) is 11.6. The summed E-state index contributed by atoms with van der Waals surface area (Å²) >= 11 is 0. The van der Waals surface area contributed by atoms with Gasteiger partial charge in [0.15, 0.2) is 0 Å². The molecule has 106 valence electrons. The van der Waals surface area contributed by atoms with Crippen LogP contribution in [0.25, 0.3) is 0 Å². The van der Waals surface area contributed by atoms with Crippen LogP contribution in [0.15, 0.2) is 35.2 Å². The van der Waals surface area contributed by atoms with E-state index >= 15 is 0 Å². The minimum absolute atomic E-state index is 0.0402. The number of hydrogen-bond donors (Lipinski definition) is 2. The van der Waals surface area contributed by atoms with Crippen molar-refractivity contribution >= 4 is 11.7 Å². The number of aryl methyl sites for hydroxylation is 1. The molecular weight excluding hydrogens is 256 g/mol. The maximum atomic E-state index is 12.0. The zero-order chi connectivity index (χ0) is 14.4. The van der Waals surface area contributed by atoms with E-state index in [1.807, 2.05) is 19.1 Å². The number of furan rings is 1. The second-order valence-electron chi connectivity index (χ2n) is 4.53. The average Bonchev–Trinajstić information content (AvgIpc) is 2.98. The summed E-state index contributed by atoms with van der Waals surface area (Å²) in [7, 11) is 1.75. The predicted molar refractivity (Wildman–Crippen MR) is 75.5 cm³/mol. The standard InChI is InChI=1S/C14H18N4O2/c1-10(5-6-11-4-3-7-20-11)18-14(19)12-8-17-13(15-2)9-16-12/h3-4,7-10H,5-6H2,1-2H3,(H,15,17)(H,18,19). The molecule has 0 aliphatic rings. The van der Waals surface area contributed by atoms with Crippen LogP contribution in [0, 0.1) is 0 Å². The minimum Gasteiger partial charge on any atom is -0.469 e. The van der Waals surface area contributed by atoms with Gasteiger partial charge in [-0.1, -0.05) is 0 Å². The molecule has 1 atom stereocenters. The molecule has 0 radical (unpaired) electrons. The number of anilines is 1. The molecule has 1 unspecified atom stereocenters. The number of nitrogens with zero attached hydrogens (tertiary/aromatic N) is 2. The van der Waals surface area contributed by atoms with E-state index in [2.05, 4.69) is 20.6 Å². The van der Waals surface area contributed by atoms with E-state index in [4.69, 9.17) is 4.42 Å². The molecule has 0 spiro atoms. The fourth-order valence-electron chi connectivity index (χ4n) is 1.76. The van der Waals surface area contributed by atoms with Crippen LogP contribution < -0.4 is 10.6 Å². The predicted octanol–water partition coefficient (Wildman–Crippen LogP) is 1.86. The van der Waals surface area contributed by atoms with Gasteiger partial charge in [0.1, 0.15) is 17.3 Å². The lowest BCUT2D eigenvalue weighted by Crippen LogP contribution is -2.33. The molecule has 6 nitrogen and oxygen atoms in total. The lowest BCUT2D eigenvalue weighted by atomic mass is 10.1. The van der Waals surface area contributed by atoms with Crippen molar-refractivity contribution in [1.82, 2.24) is 15.3 Å². The number of amides is 1. The summed E-state index contributed by atoms with van der Waals surface area (Å²) in [6, 6.07) is 3.83. The number of carbonyl (C=O) groups excluding carboxylic acids is 1. The summed E-state index contributed by atoms with van der Waals surface area (Å²) < 4.78 is 5.26. The Bertz CT molecular complexity index is 537. The molecule has 2 aromatic rings. The fourth-order valence-corrected chi connectivity index (χ4v) is 1.76. The van der Waals surface area contributed by atoms with Gasteiger partial charge in [-0.3, -0.25) is 4.79 Å². The molecule has 0 aliphatic carbocycles. The first-order valence-corrected chi connectivity index (χ1v) is 6.52. The zero-order valence-corrected chi connectivity index (χ0v) is 11.6. The second kappa shape index (κ2) is 6.70. The van der Waals surface area contributed by atoms with Gasteiger partial charge in [0.05, 0.1) is 18.7 Å². The molecule has 2 N–H and O–H groups in total. The van der Waals surface area contributed by atoms with Gasteiger partial charge in [0.25, 0.3) is 5.91 Å². The van der Waals surface area contributed by atoms with Crippen LogP contribution in [0.4, 0.5) is 5.82 Å². The first kappa shape index (κ1) is 14.0. The smallest absolute Gasteiger partial charge is 0.271 e. The topological polar surface area (TPSA) is 80.0 Å². The molecule has 2 heterocycles. The normalized spacial score (nSPS) is 11.9. The molecule has 0 aliphatic heterocycles. The SMILES string of the molecule is CNc1cnc(C(=O)NC(C)CCc2ccco2)cn1. The van der Waals surface area contributed by atoms with E-state index in [1.54, 1.807) is 13.3 Å². The molecule has 0 saturated heterocycles. The van der Waals surface area contributed by atoms with Gasteiger partial charge in [-0.25, -0.2) is 9.97 Å². The molecule has 0 bridgehead atoms. The summed E-state index contributed by atoms with van der Waals surface area (Å²) in [4.78, 5) is 20.1. The summed E-state index contributed by atoms with van der Waals surface area (Å²) in [5.41, 5.74) is 0.314. The molecule has 0 aromatic carbocycles. The van der Waals surface area contributed by atoms with Crippen molar-refractivity contribution in [3.63, 3.8) is 0 Å². The van der Waals surface area contributed by atoms with Crippen molar-refractivity contribution in [3.8, 4) is 0 Å². The molecule has 6 heteroatoms. The van der Waals surface area contributed by atoms with E-state index < -0.39 is 0 Å². The molecule has 2 rings (SSSR count). The fraction of sp³-hybridized carbons (Fsp3) is 0.357. The maximum Gasteiger partial charge on any atom is 0.271 e.